The number of nitrogens with zero attached hydrogens (tertiary/aromatic N) is 1. The summed E-state index contributed by atoms with van der Waals surface area (Å²) < 4.78 is 6.12. The Kier molecular flexibility index (Phi) is 4.01. The number of aliphatic hydroxyl groups is 1. The van der Waals surface area contributed by atoms with Gasteiger partial charge in [-0.15, -0.1) is 0 Å². The molecule has 1 atom stereocenters. The van der Waals surface area contributed by atoms with E-state index in [1.54, 1.807) is 6.92 Å². The first-order valence-corrected chi connectivity index (χ1v) is 6.38. The lowest BCUT2D eigenvalue weighted by Crippen LogP contribution is -2.27. The Morgan fingerprint density at radius 1 is 1.55 bits per heavy atom. The fraction of sp³-hybridized carbons (Fsp3) is 0.308. The smallest absolute Gasteiger partial charge is 0.337 e. The van der Waals surface area contributed by atoms with Crippen LogP contribution in [-0.4, -0.2) is 33.8 Å². The number of hydrogen-bond acceptors (Lipinski definition) is 5. The van der Waals surface area contributed by atoms with Crippen molar-refractivity contribution in [3.63, 3.8) is 0 Å². The molecule has 0 aliphatic rings. The van der Waals surface area contributed by atoms with Gasteiger partial charge in [-0.3, -0.25) is 9.36 Å². The van der Waals surface area contributed by atoms with Gasteiger partial charge in [-0.05, 0) is 37.3 Å². The third-order valence-corrected chi connectivity index (χ3v) is 3.17. The summed E-state index contributed by atoms with van der Waals surface area (Å²) in [6, 6.07) is 4.57. The summed E-state index contributed by atoms with van der Waals surface area (Å²) in [5.41, 5.74) is 0.490. The van der Waals surface area contributed by atoms with Crippen molar-refractivity contribution in [2.45, 2.75) is 19.6 Å². The van der Waals surface area contributed by atoms with E-state index in [0.29, 0.717) is 16.5 Å². The first-order chi connectivity index (χ1) is 9.43. The summed E-state index contributed by atoms with van der Waals surface area (Å²) >= 11 is 5.10. The van der Waals surface area contributed by atoms with Gasteiger partial charge in [-0.2, -0.15) is 0 Å². The van der Waals surface area contributed by atoms with Gasteiger partial charge in [0.15, 0.2) is 4.77 Å². The summed E-state index contributed by atoms with van der Waals surface area (Å²) in [7, 11) is 1.29. The molecule has 2 aromatic rings. The molecule has 7 heteroatoms. The summed E-state index contributed by atoms with van der Waals surface area (Å²) in [6.45, 7) is 1.69. The molecule has 0 spiro atoms. The molecular weight excluding hydrogens is 280 g/mol. The highest BCUT2D eigenvalue weighted by molar-refractivity contribution is 7.71. The summed E-state index contributed by atoms with van der Waals surface area (Å²) in [4.78, 5) is 26.6. The molecule has 1 aromatic carbocycles. The topological polar surface area (TPSA) is 84.3 Å². The molecule has 1 heterocycles. The van der Waals surface area contributed by atoms with Crippen molar-refractivity contribution in [1.29, 1.82) is 0 Å². The van der Waals surface area contributed by atoms with E-state index in [9.17, 15) is 14.7 Å². The van der Waals surface area contributed by atoms with E-state index >= 15 is 0 Å². The quantitative estimate of drug-likeness (QED) is 0.657. The van der Waals surface area contributed by atoms with Gasteiger partial charge in [-0.25, -0.2) is 4.79 Å². The fourth-order valence-corrected chi connectivity index (χ4v) is 2.20. The molecular formula is C13H14N2O4S. The number of aliphatic hydroxyl groups excluding tert-OH is 1. The molecule has 2 rings (SSSR count). The Balaban J connectivity index is 2.67. The van der Waals surface area contributed by atoms with Crippen LogP contribution in [0.3, 0.4) is 0 Å². The van der Waals surface area contributed by atoms with Gasteiger partial charge in [0.1, 0.15) is 0 Å². The van der Waals surface area contributed by atoms with Gasteiger partial charge in [0.05, 0.1) is 36.2 Å². The van der Waals surface area contributed by atoms with Crippen LogP contribution in [0.2, 0.25) is 0 Å². The molecule has 1 aromatic heterocycles. The Morgan fingerprint density at radius 2 is 2.25 bits per heavy atom. The summed E-state index contributed by atoms with van der Waals surface area (Å²) in [6.07, 6.45) is -0.686. The van der Waals surface area contributed by atoms with Crippen molar-refractivity contribution in [1.82, 2.24) is 9.55 Å². The number of H-pyrrole nitrogens is 1. The van der Waals surface area contributed by atoms with E-state index in [4.69, 9.17) is 12.2 Å². The van der Waals surface area contributed by atoms with E-state index < -0.39 is 12.1 Å². The van der Waals surface area contributed by atoms with Crippen LogP contribution < -0.4 is 5.56 Å². The number of hydrogen-bond donors (Lipinski definition) is 2. The summed E-state index contributed by atoms with van der Waals surface area (Å²) in [5, 5.41) is 9.79. The zero-order valence-corrected chi connectivity index (χ0v) is 11.9. The first-order valence-electron chi connectivity index (χ1n) is 5.97. The third-order valence-electron chi connectivity index (χ3n) is 2.85. The van der Waals surface area contributed by atoms with Gasteiger partial charge in [0.25, 0.3) is 5.56 Å². The van der Waals surface area contributed by atoms with Crippen LogP contribution in [0.5, 0.6) is 0 Å². The van der Waals surface area contributed by atoms with Crippen LogP contribution in [-0.2, 0) is 11.3 Å². The van der Waals surface area contributed by atoms with E-state index in [1.165, 1.54) is 29.9 Å². The summed E-state index contributed by atoms with van der Waals surface area (Å²) in [5.74, 6) is -0.487. The second-order valence-electron chi connectivity index (χ2n) is 4.45. The highest BCUT2D eigenvalue weighted by Gasteiger charge is 2.11. The second kappa shape index (κ2) is 5.56. The Morgan fingerprint density at radius 3 is 2.85 bits per heavy atom. The van der Waals surface area contributed by atoms with Crippen LogP contribution >= 0.6 is 12.2 Å². The zero-order chi connectivity index (χ0) is 14.9. The SMILES string of the molecule is COC(=O)c1ccc2c(=O)n(C[C@@H](C)O)c(=S)[nH]c2c1. The number of esters is 1. The Bertz CT molecular complexity index is 776. The average Bonchev–Trinajstić information content (AvgIpc) is 2.41. The monoisotopic (exact) mass is 294 g/mol. The van der Waals surface area contributed by atoms with E-state index in [1.807, 2.05) is 0 Å². The maximum Gasteiger partial charge on any atom is 0.337 e. The number of fused-ring (bicyclic) bond motifs is 1. The number of aromatic nitrogens is 2. The van der Waals surface area contributed by atoms with Gasteiger partial charge in [0.2, 0.25) is 0 Å². The number of carbonyl (C=O) groups is 1. The van der Waals surface area contributed by atoms with Crippen LogP contribution in [0.15, 0.2) is 23.0 Å². The first kappa shape index (κ1) is 14.4. The van der Waals surface area contributed by atoms with Crippen molar-refractivity contribution in [3.05, 3.63) is 38.9 Å². The lowest BCUT2D eigenvalue weighted by atomic mass is 10.1. The lowest BCUT2D eigenvalue weighted by Gasteiger charge is -2.10. The number of carbonyl (C=O) groups excluding carboxylic acids is 1. The second-order valence-corrected chi connectivity index (χ2v) is 4.83. The number of benzene rings is 1. The van der Waals surface area contributed by atoms with Crippen molar-refractivity contribution >= 4 is 29.1 Å². The number of methoxy groups -OCH3 is 1. The maximum atomic E-state index is 12.3. The normalized spacial score (nSPS) is 12.3. The molecule has 106 valence electrons. The van der Waals surface area contributed by atoms with E-state index in [0.717, 1.165) is 0 Å². The van der Waals surface area contributed by atoms with Crippen LogP contribution in [0.1, 0.15) is 17.3 Å². The van der Waals surface area contributed by atoms with Crippen LogP contribution in [0, 0.1) is 4.77 Å². The third kappa shape index (κ3) is 2.63. The maximum absolute atomic E-state index is 12.3. The number of ether oxygens (including phenoxy) is 1. The van der Waals surface area contributed by atoms with Gasteiger partial charge >= 0.3 is 5.97 Å². The molecule has 20 heavy (non-hydrogen) atoms. The minimum Gasteiger partial charge on any atom is -0.465 e. The zero-order valence-electron chi connectivity index (χ0n) is 11.0. The van der Waals surface area contributed by atoms with Gasteiger partial charge < -0.3 is 14.8 Å². The molecule has 2 N–H and O–H groups in total. The van der Waals surface area contributed by atoms with Crippen molar-refractivity contribution < 1.29 is 14.6 Å². The van der Waals surface area contributed by atoms with E-state index in [-0.39, 0.29) is 16.9 Å². The Hall–Kier alpha value is -1.99. The molecule has 0 radical (unpaired) electrons. The highest BCUT2D eigenvalue weighted by Crippen LogP contribution is 2.11. The predicted octanol–water partition coefficient (Wildman–Crippen LogP) is 1.23. The minimum absolute atomic E-state index is 0.114. The number of rotatable bonds is 3. The van der Waals surface area contributed by atoms with Crippen molar-refractivity contribution in [2.75, 3.05) is 7.11 Å². The average molecular weight is 294 g/mol. The number of aromatic amines is 1. The van der Waals surface area contributed by atoms with Gasteiger partial charge in [0, 0.05) is 0 Å². The molecule has 0 fully saturated rings. The van der Waals surface area contributed by atoms with Crippen LogP contribution in [0.25, 0.3) is 10.9 Å². The molecule has 0 unspecified atom stereocenters. The highest BCUT2D eigenvalue weighted by atomic mass is 32.1. The molecule has 0 aliphatic carbocycles. The largest absolute Gasteiger partial charge is 0.465 e. The molecule has 0 saturated carbocycles. The standard InChI is InChI=1S/C13H14N2O4S/c1-7(16)6-15-11(17)9-4-3-8(12(18)19-2)5-10(9)14-13(15)20/h3-5,7,16H,6H2,1-2H3,(H,14,20)/t7-/m1/s1. The molecule has 0 saturated heterocycles. The van der Waals surface area contributed by atoms with Crippen molar-refractivity contribution in [3.8, 4) is 0 Å². The minimum atomic E-state index is -0.686. The predicted molar refractivity (Wildman–Crippen MR) is 76.4 cm³/mol. The van der Waals surface area contributed by atoms with Gasteiger partial charge in [-0.1, -0.05) is 0 Å². The molecule has 6 nitrogen and oxygen atoms in total. The van der Waals surface area contributed by atoms with Crippen molar-refractivity contribution in [2.24, 2.45) is 0 Å². The van der Waals surface area contributed by atoms with Crippen LogP contribution in [0.4, 0.5) is 0 Å². The fourth-order valence-electron chi connectivity index (χ4n) is 1.93. The number of nitrogens with one attached hydrogen (secondary N) is 1. The molecule has 0 bridgehead atoms. The molecule has 0 amide bonds. The molecule has 0 aliphatic heterocycles. The Labute approximate surface area is 119 Å². The lowest BCUT2D eigenvalue weighted by molar-refractivity contribution is 0.0601. The van der Waals surface area contributed by atoms with E-state index in [2.05, 4.69) is 9.72 Å².